The van der Waals surface area contributed by atoms with Gasteiger partial charge >= 0.3 is 0 Å². The van der Waals surface area contributed by atoms with Crippen LogP contribution in [0.4, 0.5) is 5.69 Å². The van der Waals surface area contributed by atoms with Crippen LogP contribution in [0.3, 0.4) is 0 Å². The summed E-state index contributed by atoms with van der Waals surface area (Å²) in [5.74, 6) is 0.319. The van der Waals surface area contributed by atoms with Crippen molar-refractivity contribution in [2.45, 2.75) is 32.7 Å². The number of rotatable bonds is 4. The number of nitrogens with one attached hydrogen (secondary N) is 3. The lowest BCUT2D eigenvalue weighted by Crippen LogP contribution is -2.50. The standard InChI is InChI=1S/C16H23N3O2/c1-3-15(20)18-13-6-4-5-12(9-13)16(21)19-14-10-17-8-7-11(14)2/h4-6,9,11,14,17H,3,7-8,10H2,1-2H3,(H,18,20)(H,19,21). The predicted molar refractivity (Wildman–Crippen MR) is 83.3 cm³/mol. The van der Waals surface area contributed by atoms with E-state index in [0.29, 0.717) is 23.6 Å². The van der Waals surface area contributed by atoms with E-state index in [1.165, 1.54) is 0 Å². The Hall–Kier alpha value is -1.88. The lowest BCUT2D eigenvalue weighted by atomic mass is 9.94. The normalized spacial score (nSPS) is 21.6. The van der Waals surface area contributed by atoms with Crippen LogP contribution < -0.4 is 16.0 Å². The number of hydrogen-bond donors (Lipinski definition) is 3. The van der Waals surface area contributed by atoms with Crippen molar-refractivity contribution in [2.24, 2.45) is 5.92 Å². The molecule has 0 bridgehead atoms. The molecule has 1 aliphatic rings. The van der Waals surface area contributed by atoms with Crippen LogP contribution in [0.25, 0.3) is 0 Å². The number of carbonyl (C=O) groups is 2. The van der Waals surface area contributed by atoms with Gasteiger partial charge in [0.1, 0.15) is 0 Å². The molecule has 1 aromatic carbocycles. The summed E-state index contributed by atoms with van der Waals surface area (Å²) in [5, 5.41) is 9.13. The van der Waals surface area contributed by atoms with Gasteiger partial charge in [0.15, 0.2) is 0 Å². The molecule has 3 N–H and O–H groups in total. The Bertz CT molecular complexity index is 516. The Morgan fingerprint density at radius 2 is 2.19 bits per heavy atom. The molecule has 0 spiro atoms. The summed E-state index contributed by atoms with van der Waals surface area (Å²) in [4.78, 5) is 23.7. The molecule has 0 aromatic heterocycles. The van der Waals surface area contributed by atoms with Crippen molar-refractivity contribution in [3.8, 4) is 0 Å². The molecule has 1 saturated heterocycles. The molecule has 2 amide bonds. The van der Waals surface area contributed by atoms with Gasteiger partial charge in [-0.1, -0.05) is 19.9 Å². The quantitative estimate of drug-likeness (QED) is 0.791. The van der Waals surface area contributed by atoms with Crippen LogP contribution >= 0.6 is 0 Å². The van der Waals surface area contributed by atoms with Crippen molar-refractivity contribution >= 4 is 17.5 Å². The zero-order valence-electron chi connectivity index (χ0n) is 12.6. The SMILES string of the molecule is CCC(=O)Nc1cccc(C(=O)NC2CNCCC2C)c1. The molecule has 1 heterocycles. The zero-order valence-corrected chi connectivity index (χ0v) is 12.6. The molecule has 21 heavy (non-hydrogen) atoms. The van der Waals surface area contributed by atoms with Crippen molar-refractivity contribution in [1.82, 2.24) is 10.6 Å². The van der Waals surface area contributed by atoms with Crippen molar-refractivity contribution in [3.05, 3.63) is 29.8 Å². The Kier molecular flexibility index (Phi) is 5.33. The number of carbonyl (C=O) groups excluding carboxylic acids is 2. The average Bonchev–Trinajstić information content (AvgIpc) is 2.49. The highest BCUT2D eigenvalue weighted by molar-refractivity contribution is 5.97. The minimum absolute atomic E-state index is 0.0577. The highest BCUT2D eigenvalue weighted by Crippen LogP contribution is 2.14. The highest BCUT2D eigenvalue weighted by atomic mass is 16.2. The maximum absolute atomic E-state index is 12.3. The highest BCUT2D eigenvalue weighted by Gasteiger charge is 2.23. The Balaban J connectivity index is 2.01. The van der Waals surface area contributed by atoms with Gasteiger partial charge in [-0.3, -0.25) is 9.59 Å². The van der Waals surface area contributed by atoms with Crippen LogP contribution in [-0.4, -0.2) is 30.9 Å². The molecule has 0 aliphatic carbocycles. The van der Waals surface area contributed by atoms with Crippen LogP contribution in [0.15, 0.2) is 24.3 Å². The van der Waals surface area contributed by atoms with Crippen LogP contribution in [0.5, 0.6) is 0 Å². The lowest BCUT2D eigenvalue weighted by molar-refractivity contribution is -0.115. The summed E-state index contributed by atoms with van der Waals surface area (Å²) in [6, 6.07) is 7.19. The molecular formula is C16H23N3O2. The summed E-state index contributed by atoms with van der Waals surface area (Å²) < 4.78 is 0. The van der Waals surface area contributed by atoms with Gasteiger partial charge in [-0.15, -0.1) is 0 Å². The summed E-state index contributed by atoms with van der Waals surface area (Å²) in [6.07, 6.45) is 1.49. The maximum atomic E-state index is 12.3. The van der Waals surface area contributed by atoms with Gasteiger partial charge in [-0.25, -0.2) is 0 Å². The summed E-state index contributed by atoms with van der Waals surface area (Å²) in [7, 11) is 0. The van der Waals surface area contributed by atoms with E-state index in [-0.39, 0.29) is 17.9 Å². The Morgan fingerprint density at radius 1 is 1.38 bits per heavy atom. The van der Waals surface area contributed by atoms with Crippen molar-refractivity contribution in [1.29, 1.82) is 0 Å². The fourth-order valence-corrected chi connectivity index (χ4v) is 2.42. The molecule has 5 heteroatoms. The third kappa shape index (κ3) is 4.29. The molecule has 0 saturated carbocycles. The maximum Gasteiger partial charge on any atom is 0.251 e. The van der Waals surface area contributed by atoms with Gasteiger partial charge in [0, 0.05) is 30.3 Å². The van der Waals surface area contributed by atoms with E-state index >= 15 is 0 Å². The van der Waals surface area contributed by atoms with E-state index < -0.39 is 0 Å². The molecule has 1 aliphatic heterocycles. The monoisotopic (exact) mass is 289 g/mol. The van der Waals surface area contributed by atoms with Gasteiger partial charge < -0.3 is 16.0 Å². The number of benzene rings is 1. The molecule has 1 fully saturated rings. The van der Waals surface area contributed by atoms with Gasteiger partial charge in [0.2, 0.25) is 5.91 Å². The summed E-state index contributed by atoms with van der Waals surface area (Å²) in [5.41, 5.74) is 1.23. The van der Waals surface area contributed by atoms with Gasteiger partial charge in [-0.05, 0) is 37.1 Å². The zero-order chi connectivity index (χ0) is 15.2. The number of amides is 2. The Labute approximate surface area is 125 Å². The molecule has 2 unspecified atom stereocenters. The minimum atomic E-state index is -0.0943. The van der Waals surface area contributed by atoms with Crippen LogP contribution in [0.2, 0.25) is 0 Å². The second kappa shape index (κ2) is 7.22. The van der Waals surface area contributed by atoms with Crippen molar-refractivity contribution in [2.75, 3.05) is 18.4 Å². The van der Waals surface area contributed by atoms with E-state index in [0.717, 1.165) is 19.5 Å². The summed E-state index contributed by atoms with van der Waals surface area (Å²) in [6.45, 7) is 5.76. The molecule has 0 radical (unpaired) electrons. The summed E-state index contributed by atoms with van der Waals surface area (Å²) >= 11 is 0. The molecule has 1 aromatic rings. The van der Waals surface area contributed by atoms with E-state index in [4.69, 9.17) is 0 Å². The second-order valence-corrected chi connectivity index (χ2v) is 5.53. The first-order chi connectivity index (χ1) is 10.1. The molecular weight excluding hydrogens is 266 g/mol. The van der Waals surface area contributed by atoms with Crippen molar-refractivity contribution < 1.29 is 9.59 Å². The van der Waals surface area contributed by atoms with E-state index in [2.05, 4.69) is 22.9 Å². The van der Waals surface area contributed by atoms with Gasteiger partial charge in [0.25, 0.3) is 5.91 Å². The Morgan fingerprint density at radius 3 is 2.90 bits per heavy atom. The minimum Gasteiger partial charge on any atom is -0.348 e. The smallest absolute Gasteiger partial charge is 0.251 e. The number of piperidine rings is 1. The van der Waals surface area contributed by atoms with Gasteiger partial charge in [0.05, 0.1) is 0 Å². The first-order valence-electron chi connectivity index (χ1n) is 7.51. The second-order valence-electron chi connectivity index (χ2n) is 5.53. The third-order valence-electron chi connectivity index (χ3n) is 3.87. The fraction of sp³-hybridized carbons (Fsp3) is 0.500. The van der Waals surface area contributed by atoms with Crippen LogP contribution in [0, 0.1) is 5.92 Å². The van der Waals surface area contributed by atoms with Crippen molar-refractivity contribution in [3.63, 3.8) is 0 Å². The van der Waals surface area contributed by atoms with E-state index in [1.54, 1.807) is 31.2 Å². The molecule has 5 nitrogen and oxygen atoms in total. The van der Waals surface area contributed by atoms with E-state index in [1.807, 2.05) is 0 Å². The van der Waals surface area contributed by atoms with Crippen LogP contribution in [-0.2, 0) is 4.79 Å². The molecule has 114 valence electrons. The average molecular weight is 289 g/mol. The largest absolute Gasteiger partial charge is 0.348 e. The number of hydrogen-bond acceptors (Lipinski definition) is 3. The van der Waals surface area contributed by atoms with E-state index in [9.17, 15) is 9.59 Å². The number of anilines is 1. The lowest BCUT2D eigenvalue weighted by Gasteiger charge is -2.30. The molecule has 2 rings (SSSR count). The first-order valence-corrected chi connectivity index (χ1v) is 7.51. The first kappa shape index (κ1) is 15.5. The third-order valence-corrected chi connectivity index (χ3v) is 3.87. The predicted octanol–water partition coefficient (Wildman–Crippen LogP) is 1.76. The topological polar surface area (TPSA) is 70.2 Å². The molecule has 2 atom stereocenters. The fourth-order valence-electron chi connectivity index (χ4n) is 2.42. The van der Waals surface area contributed by atoms with Gasteiger partial charge in [-0.2, -0.15) is 0 Å². The van der Waals surface area contributed by atoms with Crippen LogP contribution in [0.1, 0.15) is 37.0 Å².